The third kappa shape index (κ3) is 6.06. The number of benzene rings is 1. The summed E-state index contributed by atoms with van der Waals surface area (Å²) in [6.45, 7) is 4.46. The molecule has 0 radical (unpaired) electrons. The maximum absolute atomic E-state index is 12.4. The van der Waals surface area contributed by atoms with E-state index in [9.17, 15) is 18.0 Å². The molecule has 1 aliphatic heterocycles. The Morgan fingerprint density at radius 3 is 2.77 bits per heavy atom. The van der Waals surface area contributed by atoms with E-state index in [1.54, 1.807) is 41.9 Å². The van der Waals surface area contributed by atoms with Crippen LogP contribution in [0.2, 0.25) is 0 Å². The van der Waals surface area contributed by atoms with Gasteiger partial charge in [0, 0.05) is 19.0 Å². The van der Waals surface area contributed by atoms with E-state index in [4.69, 9.17) is 4.74 Å². The normalized spacial score (nSPS) is 17.3. The Kier molecular flexibility index (Phi) is 7.32. The second kappa shape index (κ2) is 9.95. The first-order valence-electron chi connectivity index (χ1n) is 10.4. The minimum absolute atomic E-state index is 0.0340. The van der Waals surface area contributed by atoms with Gasteiger partial charge >= 0.3 is 0 Å². The van der Waals surface area contributed by atoms with Crippen LogP contribution in [-0.4, -0.2) is 54.7 Å². The molecule has 0 bridgehead atoms. The molecule has 1 aliphatic rings. The molecule has 2 aromatic rings. The van der Waals surface area contributed by atoms with Gasteiger partial charge in [0.25, 0.3) is 5.91 Å². The number of rotatable bonds is 9. The molecule has 0 aliphatic carbocycles. The number of nitrogens with one attached hydrogen (secondary N) is 2. The summed E-state index contributed by atoms with van der Waals surface area (Å²) in [7, 11) is -3.06. The van der Waals surface area contributed by atoms with Crippen LogP contribution in [0.25, 0.3) is 0 Å². The lowest BCUT2D eigenvalue weighted by Gasteiger charge is -2.14. The molecule has 1 atom stereocenters. The van der Waals surface area contributed by atoms with Crippen molar-refractivity contribution in [1.29, 1.82) is 0 Å². The van der Waals surface area contributed by atoms with Crippen LogP contribution in [0.4, 0.5) is 5.82 Å². The van der Waals surface area contributed by atoms with Gasteiger partial charge in [-0.15, -0.1) is 0 Å². The summed E-state index contributed by atoms with van der Waals surface area (Å²) < 4.78 is 30.6. The van der Waals surface area contributed by atoms with Crippen LogP contribution in [0.1, 0.15) is 48.3 Å². The second-order valence-corrected chi connectivity index (χ2v) is 9.74. The van der Waals surface area contributed by atoms with Gasteiger partial charge in [0.1, 0.15) is 11.6 Å². The molecule has 0 spiro atoms. The standard InChI is InChI=1S/C21H28N4O5S/c1-3-30-18-8-5-4-7-17(18)21(27)22-11-6-9-20(26)23-19-13-15(2)24-25(19)16-10-12-31(28,29)14-16/h4-5,7-8,13,16H,3,6,9-12,14H2,1-2H3,(H,22,27)(H,23,26). The molecule has 10 heteroatoms. The fraction of sp³-hybridized carbons (Fsp3) is 0.476. The van der Waals surface area contributed by atoms with Crippen LogP contribution < -0.4 is 15.4 Å². The van der Waals surface area contributed by atoms with E-state index in [0.29, 0.717) is 48.8 Å². The first-order valence-corrected chi connectivity index (χ1v) is 12.2. The minimum Gasteiger partial charge on any atom is -0.493 e. The number of nitrogens with zero attached hydrogens (tertiary/aromatic N) is 2. The van der Waals surface area contributed by atoms with Crippen LogP contribution in [0.3, 0.4) is 0 Å². The van der Waals surface area contributed by atoms with Gasteiger partial charge in [-0.1, -0.05) is 12.1 Å². The Morgan fingerprint density at radius 2 is 2.06 bits per heavy atom. The monoisotopic (exact) mass is 448 g/mol. The lowest BCUT2D eigenvalue weighted by Crippen LogP contribution is -2.26. The third-order valence-corrected chi connectivity index (χ3v) is 6.73. The predicted octanol–water partition coefficient (Wildman–Crippen LogP) is 2.10. The van der Waals surface area contributed by atoms with Crippen LogP contribution in [0.15, 0.2) is 30.3 Å². The van der Waals surface area contributed by atoms with E-state index in [-0.39, 0.29) is 35.8 Å². The molecular formula is C21H28N4O5S. The van der Waals surface area contributed by atoms with E-state index in [1.807, 2.05) is 6.92 Å². The Balaban J connectivity index is 1.49. The lowest BCUT2D eigenvalue weighted by atomic mass is 10.2. The molecule has 1 unspecified atom stereocenters. The van der Waals surface area contributed by atoms with Crippen LogP contribution >= 0.6 is 0 Å². The van der Waals surface area contributed by atoms with Crippen LogP contribution in [-0.2, 0) is 14.6 Å². The quantitative estimate of drug-likeness (QED) is 0.567. The molecule has 168 valence electrons. The number of carbonyl (C=O) groups excluding carboxylic acids is 2. The molecule has 2 heterocycles. The van der Waals surface area contributed by atoms with Gasteiger partial charge in [-0.25, -0.2) is 13.1 Å². The number of para-hydroxylation sites is 1. The van der Waals surface area contributed by atoms with Crippen LogP contribution in [0.5, 0.6) is 5.75 Å². The number of hydrogen-bond acceptors (Lipinski definition) is 6. The SMILES string of the molecule is CCOc1ccccc1C(=O)NCCCC(=O)Nc1cc(C)nn1C1CCS(=O)(=O)C1. The van der Waals surface area contributed by atoms with Gasteiger partial charge in [0.15, 0.2) is 9.84 Å². The summed E-state index contributed by atoms with van der Waals surface area (Å²) >= 11 is 0. The smallest absolute Gasteiger partial charge is 0.255 e. The highest BCUT2D eigenvalue weighted by Gasteiger charge is 2.31. The van der Waals surface area contributed by atoms with Gasteiger partial charge in [0.05, 0.1) is 35.4 Å². The Hall–Kier alpha value is -2.88. The Morgan fingerprint density at radius 1 is 1.29 bits per heavy atom. The maximum Gasteiger partial charge on any atom is 0.255 e. The first-order chi connectivity index (χ1) is 14.8. The zero-order valence-electron chi connectivity index (χ0n) is 17.8. The van der Waals surface area contributed by atoms with Crippen LogP contribution in [0, 0.1) is 6.92 Å². The zero-order chi connectivity index (χ0) is 22.4. The molecule has 9 nitrogen and oxygen atoms in total. The average molecular weight is 449 g/mol. The van der Waals surface area contributed by atoms with E-state index in [2.05, 4.69) is 15.7 Å². The van der Waals surface area contributed by atoms with Gasteiger partial charge in [0.2, 0.25) is 5.91 Å². The fourth-order valence-electron chi connectivity index (χ4n) is 3.54. The minimum atomic E-state index is -3.06. The molecule has 31 heavy (non-hydrogen) atoms. The fourth-order valence-corrected chi connectivity index (χ4v) is 5.24. The van der Waals surface area contributed by atoms with Gasteiger partial charge in [-0.05, 0) is 38.8 Å². The molecular weight excluding hydrogens is 420 g/mol. The number of carbonyl (C=O) groups is 2. The molecule has 2 amide bonds. The Labute approximate surface area is 182 Å². The van der Waals surface area contributed by atoms with E-state index < -0.39 is 9.84 Å². The van der Waals surface area contributed by atoms with Crippen molar-refractivity contribution >= 4 is 27.5 Å². The number of aryl methyl sites for hydroxylation is 1. The largest absolute Gasteiger partial charge is 0.493 e. The number of ether oxygens (including phenoxy) is 1. The lowest BCUT2D eigenvalue weighted by molar-refractivity contribution is -0.116. The number of anilines is 1. The maximum atomic E-state index is 12.4. The topological polar surface area (TPSA) is 119 Å². The van der Waals surface area contributed by atoms with Crippen molar-refractivity contribution in [2.45, 2.75) is 39.2 Å². The summed E-state index contributed by atoms with van der Waals surface area (Å²) in [5.41, 5.74) is 1.17. The number of hydrogen-bond donors (Lipinski definition) is 2. The number of sulfone groups is 1. The number of amides is 2. The molecule has 1 aromatic carbocycles. The van der Waals surface area contributed by atoms with E-state index in [1.165, 1.54) is 0 Å². The summed E-state index contributed by atoms with van der Waals surface area (Å²) in [4.78, 5) is 24.7. The van der Waals surface area contributed by atoms with Gasteiger partial charge < -0.3 is 15.4 Å². The highest BCUT2D eigenvalue weighted by atomic mass is 32.2. The summed E-state index contributed by atoms with van der Waals surface area (Å²) in [6.07, 6.45) is 1.15. The first kappa shape index (κ1) is 22.8. The zero-order valence-corrected chi connectivity index (χ0v) is 18.6. The van der Waals surface area contributed by atoms with Crippen molar-refractivity contribution in [3.05, 3.63) is 41.6 Å². The van der Waals surface area contributed by atoms with Crippen molar-refractivity contribution < 1.29 is 22.7 Å². The van der Waals surface area contributed by atoms with Gasteiger partial charge in [-0.3, -0.25) is 9.59 Å². The predicted molar refractivity (Wildman–Crippen MR) is 117 cm³/mol. The summed E-state index contributed by atoms with van der Waals surface area (Å²) in [5, 5.41) is 9.97. The van der Waals surface area contributed by atoms with Crippen molar-refractivity contribution in [3.63, 3.8) is 0 Å². The highest BCUT2D eigenvalue weighted by molar-refractivity contribution is 7.91. The second-order valence-electron chi connectivity index (χ2n) is 7.51. The summed E-state index contributed by atoms with van der Waals surface area (Å²) in [6, 6.07) is 8.48. The molecule has 2 N–H and O–H groups in total. The van der Waals surface area contributed by atoms with Crippen molar-refractivity contribution in [3.8, 4) is 5.75 Å². The van der Waals surface area contributed by atoms with Gasteiger partial charge in [-0.2, -0.15) is 5.10 Å². The molecule has 0 saturated carbocycles. The van der Waals surface area contributed by atoms with Crippen molar-refractivity contribution in [2.24, 2.45) is 0 Å². The van der Waals surface area contributed by atoms with Crippen molar-refractivity contribution in [2.75, 3.05) is 30.0 Å². The highest BCUT2D eigenvalue weighted by Crippen LogP contribution is 2.27. The Bertz CT molecular complexity index is 1050. The van der Waals surface area contributed by atoms with Crippen molar-refractivity contribution in [1.82, 2.24) is 15.1 Å². The molecule has 3 rings (SSSR count). The molecule has 1 aromatic heterocycles. The summed E-state index contributed by atoms with van der Waals surface area (Å²) in [5.74, 6) is 0.728. The van der Waals surface area contributed by atoms with E-state index >= 15 is 0 Å². The molecule has 1 fully saturated rings. The van der Waals surface area contributed by atoms with E-state index in [0.717, 1.165) is 0 Å². The average Bonchev–Trinajstić information content (AvgIpc) is 3.27. The third-order valence-electron chi connectivity index (χ3n) is 4.98. The molecule has 1 saturated heterocycles. The number of aromatic nitrogens is 2.